The van der Waals surface area contributed by atoms with E-state index in [4.69, 9.17) is 19.0 Å². The summed E-state index contributed by atoms with van der Waals surface area (Å²) in [5, 5.41) is 4.43. The maximum Gasteiger partial charge on any atom is 0.256 e. The van der Waals surface area contributed by atoms with Crippen LogP contribution in [0.25, 0.3) is 0 Å². The molecule has 2 fully saturated rings. The van der Waals surface area contributed by atoms with Crippen molar-refractivity contribution in [1.82, 2.24) is 0 Å². The van der Waals surface area contributed by atoms with Crippen LogP contribution < -0.4 is 0 Å². The Morgan fingerprint density at radius 2 is 1.86 bits per heavy atom. The van der Waals surface area contributed by atoms with Crippen LogP contribution in [-0.2, 0) is 19.0 Å². The van der Waals surface area contributed by atoms with Gasteiger partial charge in [-0.25, -0.2) is 0 Å². The highest BCUT2D eigenvalue weighted by Crippen LogP contribution is 2.40. The molecule has 1 saturated heterocycles. The molecule has 1 aromatic rings. The lowest BCUT2D eigenvalue weighted by Crippen LogP contribution is -2.49. The van der Waals surface area contributed by atoms with Crippen molar-refractivity contribution in [2.75, 3.05) is 0 Å². The lowest BCUT2D eigenvalue weighted by molar-refractivity contribution is -0.252. The van der Waals surface area contributed by atoms with Gasteiger partial charge < -0.3 is 19.0 Å². The molecule has 5 nitrogen and oxygen atoms in total. The van der Waals surface area contributed by atoms with Gasteiger partial charge in [-0.3, -0.25) is 0 Å². The van der Waals surface area contributed by atoms with Gasteiger partial charge in [-0.15, -0.1) is 0 Å². The molecular weight excluding hydrogens is 354 g/mol. The Balaban J connectivity index is 1.57. The van der Waals surface area contributed by atoms with Crippen LogP contribution in [0, 0.1) is 17.8 Å². The smallest absolute Gasteiger partial charge is 0.256 e. The fraction of sp³-hybridized carbons (Fsp3) is 0.696. The molecule has 5 heteroatoms. The molecule has 2 aliphatic heterocycles. The Hall–Kier alpha value is -1.43. The lowest BCUT2D eigenvalue weighted by atomic mass is 9.75. The van der Waals surface area contributed by atoms with Crippen LogP contribution in [0.15, 0.2) is 35.5 Å². The summed E-state index contributed by atoms with van der Waals surface area (Å²) in [5.41, 5.74) is 1.76. The molecule has 3 aliphatic rings. The molecule has 2 heterocycles. The first-order chi connectivity index (χ1) is 13.3. The van der Waals surface area contributed by atoms with Crippen LogP contribution in [0.1, 0.15) is 59.4 Å². The average Bonchev–Trinajstić information content (AvgIpc) is 2.98. The maximum atomic E-state index is 6.53. The molecule has 154 valence electrons. The molecule has 0 spiro atoms. The summed E-state index contributed by atoms with van der Waals surface area (Å²) in [4.78, 5) is 5.88. The van der Waals surface area contributed by atoms with Crippen molar-refractivity contribution in [2.45, 2.75) is 84.3 Å². The zero-order chi connectivity index (χ0) is 19.9. The predicted molar refractivity (Wildman–Crippen MR) is 108 cm³/mol. The van der Waals surface area contributed by atoms with Crippen molar-refractivity contribution in [1.29, 1.82) is 0 Å². The Labute approximate surface area is 168 Å². The number of benzene rings is 1. The standard InChI is InChI=1S/C23H33NO4/c1-14(2)17-12-11-15(3)13-18(17)25-22-21-20(26-23(4,5)27-21)19(24-28-22)16-9-7-6-8-10-16/h6-10,14-15,17-18,20-22H,11-13H2,1-5H3/t15-,17+,18-,20+,21+,22+/m1/s1. The topological polar surface area (TPSA) is 49.3 Å². The van der Waals surface area contributed by atoms with Crippen molar-refractivity contribution < 1.29 is 19.0 Å². The highest BCUT2D eigenvalue weighted by Gasteiger charge is 2.53. The van der Waals surface area contributed by atoms with Crippen LogP contribution in [0.3, 0.4) is 0 Å². The minimum Gasteiger partial charge on any atom is -0.360 e. The third-order valence-electron chi connectivity index (χ3n) is 6.26. The Kier molecular flexibility index (Phi) is 5.51. The first kappa shape index (κ1) is 19.9. The Morgan fingerprint density at radius 1 is 1.11 bits per heavy atom. The number of nitrogens with zero attached hydrogens (tertiary/aromatic N) is 1. The number of hydrogen-bond acceptors (Lipinski definition) is 5. The van der Waals surface area contributed by atoms with E-state index < -0.39 is 12.1 Å². The van der Waals surface area contributed by atoms with Gasteiger partial charge in [-0.1, -0.05) is 62.7 Å². The highest BCUT2D eigenvalue weighted by atomic mass is 16.8. The monoisotopic (exact) mass is 387 g/mol. The average molecular weight is 388 g/mol. The van der Waals surface area contributed by atoms with Crippen molar-refractivity contribution in [2.24, 2.45) is 22.9 Å². The van der Waals surface area contributed by atoms with Gasteiger partial charge in [-0.05, 0) is 44.4 Å². The van der Waals surface area contributed by atoms with Crippen LogP contribution in [-0.4, -0.2) is 36.1 Å². The zero-order valence-corrected chi connectivity index (χ0v) is 17.6. The van der Waals surface area contributed by atoms with E-state index in [9.17, 15) is 0 Å². The first-order valence-corrected chi connectivity index (χ1v) is 10.6. The van der Waals surface area contributed by atoms with Gasteiger partial charge in [0.15, 0.2) is 11.9 Å². The summed E-state index contributed by atoms with van der Waals surface area (Å²) >= 11 is 0. The molecule has 28 heavy (non-hydrogen) atoms. The number of fused-ring (bicyclic) bond motifs is 1. The SMILES string of the molecule is CC(C)[C@@H]1CC[C@@H](C)C[C@H]1O[C@H]1ON=C(c2ccccc2)[C@@H]2OC(C)(C)O[C@H]12. The van der Waals surface area contributed by atoms with Crippen molar-refractivity contribution in [3.05, 3.63) is 35.9 Å². The molecule has 1 aromatic carbocycles. The lowest BCUT2D eigenvalue weighted by Gasteiger charge is -2.40. The highest BCUT2D eigenvalue weighted by molar-refractivity contribution is 6.04. The van der Waals surface area contributed by atoms with Gasteiger partial charge in [0.1, 0.15) is 11.8 Å². The maximum absolute atomic E-state index is 6.53. The van der Waals surface area contributed by atoms with Crippen LogP contribution >= 0.6 is 0 Å². The molecule has 0 amide bonds. The van der Waals surface area contributed by atoms with Crippen LogP contribution in [0.5, 0.6) is 0 Å². The molecule has 0 radical (unpaired) electrons. The van der Waals surface area contributed by atoms with E-state index in [0.29, 0.717) is 17.8 Å². The third-order valence-corrected chi connectivity index (χ3v) is 6.26. The van der Waals surface area contributed by atoms with Gasteiger partial charge in [0.2, 0.25) is 0 Å². The molecule has 1 saturated carbocycles. The van der Waals surface area contributed by atoms with Crippen LogP contribution in [0.4, 0.5) is 0 Å². The van der Waals surface area contributed by atoms with E-state index in [0.717, 1.165) is 17.7 Å². The number of rotatable bonds is 4. The summed E-state index contributed by atoms with van der Waals surface area (Å²) in [5.74, 6) is 1.09. The van der Waals surface area contributed by atoms with E-state index in [1.165, 1.54) is 12.8 Å². The van der Waals surface area contributed by atoms with E-state index in [-0.39, 0.29) is 18.3 Å². The van der Waals surface area contributed by atoms with E-state index >= 15 is 0 Å². The summed E-state index contributed by atoms with van der Waals surface area (Å²) in [7, 11) is 0. The van der Waals surface area contributed by atoms with E-state index in [1.54, 1.807) is 0 Å². The van der Waals surface area contributed by atoms with Gasteiger partial charge >= 0.3 is 0 Å². The number of oxime groups is 1. The molecule has 0 unspecified atom stereocenters. The Morgan fingerprint density at radius 3 is 2.57 bits per heavy atom. The summed E-state index contributed by atoms with van der Waals surface area (Å²) in [6, 6.07) is 10.0. The van der Waals surface area contributed by atoms with Crippen molar-refractivity contribution in [3.63, 3.8) is 0 Å². The number of ether oxygens (including phenoxy) is 3. The fourth-order valence-corrected chi connectivity index (χ4v) is 4.79. The fourth-order valence-electron chi connectivity index (χ4n) is 4.79. The molecule has 6 atom stereocenters. The molecule has 1 aliphatic carbocycles. The summed E-state index contributed by atoms with van der Waals surface area (Å²) in [6.45, 7) is 10.7. The van der Waals surface area contributed by atoms with Gasteiger partial charge in [0, 0.05) is 5.56 Å². The molecule has 0 bridgehead atoms. The molecule has 0 aromatic heterocycles. The Bertz CT molecular complexity index is 702. The van der Waals surface area contributed by atoms with Crippen LogP contribution in [0.2, 0.25) is 0 Å². The molecular formula is C23H33NO4. The third kappa shape index (κ3) is 3.98. The predicted octanol–water partition coefficient (Wildman–Crippen LogP) is 4.74. The minimum atomic E-state index is -0.697. The second-order valence-corrected chi connectivity index (χ2v) is 9.34. The van der Waals surface area contributed by atoms with Gasteiger partial charge in [0.05, 0.1) is 6.10 Å². The molecule has 0 N–H and O–H groups in total. The van der Waals surface area contributed by atoms with Gasteiger partial charge in [-0.2, -0.15) is 0 Å². The van der Waals surface area contributed by atoms with Gasteiger partial charge in [0.25, 0.3) is 6.29 Å². The van der Waals surface area contributed by atoms with Crippen molar-refractivity contribution in [3.8, 4) is 0 Å². The summed E-state index contributed by atoms with van der Waals surface area (Å²) < 4.78 is 19.0. The first-order valence-electron chi connectivity index (χ1n) is 10.6. The van der Waals surface area contributed by atoms with E-state index in [1.807, 2.05) is 44.2 Å². The second kappa shape index (κ2) is 7.77. The number of hydrogen-bond donors (Lipinski definition) is 0. The zero-order valence-electron chi connectivity index (χ0n) is 17.6. The van der Waals surface area contributed by atoms with E-state index in [2.05, 4.69) is 25.9 Å². The van der Waals surface area contributed by atoms with Crippen molar-refractivity contribution >= 4 is 5.71 Å². The molecule has 4 rings (SSSR count). The normalized spacial score (nSPS) is 37.3. The quantitative estimate of drug-likeness (QED) is 0.748. The largest absolute Gasteiger partial charge is 0.360 e. The second-order valence-electron chi connectivity index (χ2n) is 9.34. The minimum absolute atomic E-state index is 0.162. The summed E-state index contributed by atoms with van der Waals surface area (Å²) in [6.07, 6.45) is 2.52.